The lowest BCUT2D eigenvalue weighted by molar-refractivity contribution is 0.0943. The molecule has 1 nitrogen and oxygen atoms in total. The lowest BCUT2D eigenvalue weighted by atomic mass is 10.1. The molecule has 0 radical (unpaired) electrons. The summed E-state index contributed by atoms with van der Waals surface area (Å²) >= 11 is 13.4. The minimum absolute atomic E-state index is 0.0188. The highest BCUT2D eigenvalue weighted by molar-refractivity contribution is 7.17. The van der Waals surface area contributed by atoms with Crippen molar-refractivity contribution in [3.63, 3.8) is 0 Å². The summed E-state index contributed by atoms with van der Waals surface area (Å²) < 4.78 is 0. The molecule has 0 aliphatic rings. The average molecular weight is 299 g/mol. The second-order valence-corrected chi connectivity index (χ2v) is 6.21. The van der Waals surface area contributed by atoms with E-state index in [0.29, 0.717) is 10.0 Å². The third-order valence-corrected chi connectivity index (χ3v) is 4.47. The molecule has 18 heavy (non-hydrogen) atoms. The SMILES string of the molecule is CC(C)C(=O)c1ccc(-c2ccc(Cl)c(Cl)c2)s1. The van der Waals surface area contributed by atoms with Gasteiger partial charge in [0.2, 0.25) is 0 Å². The summed E-state index contributed by atoms with van der Waals surface area (Å²) in [6.07, 6.45) is 0. The van der Waals surface area contributed by atoms with Crippen molar-refractivity contribution in [3.8, 4) is 10.4 Å². The maximum atomic E-state index is 11.9. The number of hydrogen-bond donors (Lipinski definition) is 0. The maximum Gasteiger partial charge on any atom is 0.175 e. The van der Waals surface area contributed by atoms with Gasteiger partial charge in [-0.1, -0.05) is 43.1 Å². The molecule has 0 spiro atoms. The van der Waals surface area contributed by atoms with Crippen molar-refractivity contribution in [1.29, 1.82) is 0 Å². The van der Waals surface area contributed by atoms with Gasteiger partial charge in [-0.15, -0.1) is 11.3 Å². The van der Waals surface area contributed by atoms with Crippen LogP contribution < -0.4 is 0 Å². The van der Waals surface area contributed by atoms with Crippen LogP contribution >= 0.6 is 34.5 Å². The predicted octanol–water partition coefficient (Wildman–Crippen LogP) is 5.56. The fourth-order valence-corrected chi connectivity index (χ4v) is 2.95. The first-order valence-electron chi connectivity index (χ1n) is 5.58. The lowest BCUT2D eigenvalue weighted by Crippen LogP contribution is -2.04. The predicted molar refractivity (Wildman–Crippen MR) is 78.9 cm³/mol. The van der Waals surface area contributed by atoms with E-state index >= 15 is 0 Å². The molecule has 1 heterocycles. The van der Waals surface area contributed by atoms with Gasteiger partial charge in [0.15, 0.2) is 5.78 Å². The highest BCUT2D eigenvalue weighted by Gasteiger charge is 2.14. The van der Waals surface area contributed by atoms with Gasteiger partial charge < -0.3 is 0 Å². The quantitative estimate of drug-likeness (QED) is 0.678. The Morgan fingerprint density at radius 3 is 2.44 bits per heavy atom. The van der Waals surface area contributed by atoms with Crippen molar-refractivity contribution < 1.29 is 4.79 Å². The molecule has 0 unspecified atom stereocenters. The maximum absolute atomic E-state index is 11.9. The van der Waals surface area contributed by atoms with Crippen molar-refractivity contribution in [2.24, 2.45) is 5.92 Å². The van der Waals surface area contributed by atoms with Crippen LogP contribution in [0.3, 0.4) is 0 Å². The van der Waals surface area contributed by atoms with E-state index in [9.17, 15) is 4.79 Å². The summed E-state index contributed by atoms with van der Waals surface area (Å²) in [6.45, 7) is 3.81. The number of halogens is 2. The van der Waals surface area contributed by atoms with E-state index in [1.807, 2.05) is 38.1 Å². The Labute approximate surface area is 120 Å². The van der Waals surface area contributed by atoms with Crippen molar-refractivity contribution in [3.05, 3.63) is 45.3 Å². The van der Waals surface area contributed by atoms with E-state index in [0.717, 1.165) is 15.3 Å². The topological polar surface area (TPSA) is 17.1 Å². The Hall–Kier alpha value is -0.830. The third kappa shape index (κ3) is 2.77. The van der Waals surface area contributed by atoms with E-state index in [1.54, 1.807) is 6.07 Å². The van der Waals surface area contributed by atoms with E-state index in [2.05, 4.69) is 0 Å². The van der Waals surface area contributed by atoms with Gasteiger partial charge in [0.05, 0.1) is 14.9 Å². The first kappa shape index (κ1) is 13.6. The van der Waals surface area contributed by atoms with Crippen LogP contribution in [0.5, 0.6) is 0 Å². The highest BCUT2D eigenvalue weighted by Crippen LogP contribution is 2.33. The van der Waals surface area contributed by atoms with E-state index in [4.69, 9.17) is 23.2 Å². The standard InChI is InChI=1S/C14H12Cl2OS/c1-8(2)14(17)13-6-5-12(18-13)9-3-4-10(15)11(16)7-9/h3-8H,1-2H3. The first-order valence-corrected chi connectivity index (χ1v) is 7.15. The molecule has 4 heteroatoms. The number of hydrogen-bond acceptors (Lipinski definition) is 2. The van der Waals surface area contributed by atoms with Crippen LogP contribution in [0.4, 0.5) is 0 Å². The molecule has 0 aliphatic carbocycles. The fraction of sp³-hybridized carbons (Fsp3) is 0.214. The molecule has 1 aromatic carbocycles. The molecular formula is C14H12Cl2OS. The number of rotatable bonds is 3. The number of carbonyl (C=O) groups excluding carboxylic acids is 1. The van der Waals surface area contributed by atoms with Crippen molar-refractivity contribution in [1.82, 2.24) is 0 Å². The molecule has 0 saturated carbocycles. The number of ketones is 1. The Balaban J connectivity index is 2.35. The number of carbonyl (C=O) groups is 1. The fourth-order valence-electron chi connectivity index (χ4n) is 1.56. The van der Waals surface area contributed by atoms with Crippen LogP contribution in [0.25, 0.3) is 10.4 Å². The minimum atomic E-state index is 0.0188. The summed E-state index contributed by atoms with van der Waals surface area (Å²) in [5, 5.41) is 1.06. The molecule has 2 aromatic rings. The van der Waals surface area contributed by atoms with E-state index < -0.39 is 0 Å². The lowest BCUT2D eigenvalue weighted by Gasteiger charge is -2.01. The van der Waals surface area contributed by atoms with Gasteiger partial charge in [0.1, 0.15) is 0 Å². The second-order valence-electron chi connectivity index (χ2n) is 4.31. The largest absolute Gasteiger partial charge is 0.293 e. The van der Waals surface area contributed by atoms with Gasteiger partial charge in [-0.25, -0.2) is 0 Å². The minimum Gasteiger partial charge on any atom is -0.293 e. The Kier molecular flexibility index (Phi) is 4.10. The molecule has 0 saturated heterocycles. The van der Waals surface area contributed by atoms with Crippen LogP contribution in [-0.2, 0) is 0 Å². The molecule has 0 bridgehead atoms. The summed E-state index contributed by atoms with van der Waals surface area (Å²) in [7, 11) is 0. The van der Waals surface area contributed by atoms with Crippen LogP contribution in [0.2, 0.25) is 10.0 Å². The Morgan fingerprint density at radius 1 is 1.11 bits per heavy atom. The second kappa shape index (κ2) is 5.43. The normalized spacial score (nSPS) is 10.9. The zero-order valence-corrected chi connectivity index (χ0v) is 12.4. The van der Waals surface area contributed by atoms with Gasteiger partial charge in [-0.2, -0.15) is 0 Å². The van der Waals surface area contributed by atoms with Crippen molar-refractivity contribution in [2.75, 3.05) is 0 Å². The van der Waals surface area contributed by atoms with Crippen LogP contribution in [0.1, 0.15) is 23.5 Å². The molecule has 1 aromatic heterocycles. The summed E-state index contributed by atoms with van der Waals surface area (Å²) in [5.41, 5.74) is 0.984. The molecule has 0 atom stereocenters. The summed E-state index contributed by atoms with van der Waals surface area (Å²) in [5.74, 6) is 0.191. The molecule has 2 rings (SSSR count). The van der Waals surface area contributed by atoms with Crippen LogP contribution in [-0.4, -0.2) is 5.78 Å². The highest BCUT2D eigenvalue weighted by atomic mass is 35.5. The van der Waals surface area contributed by atoms with Gasteiger partial charge >= 0.3 is 0 Å². The average Bonchev–Trinajstić information content (AvgIpc) is 2.81. The number of benzene rings is 1. The Morgan fingerprint density at radius 2 is 1.83 bits per heavy atom. The van der Waals surface area contributed by atoms with Crippen molar-refractivity contribution in [2.45, 2.75) is 13.8 Å². The number of Topliss-reactive ketones (excluding diaryl/α,β-unsaturated/α-hetero) is 1. The van der Waals surface area contributed by atoms with E-state index in [-0.39, 0.29) is 11.7 Å². The van der Waals surface area contributed by atoms with Crippen LogP contribution in [0, 0.1) is 5.92 Å². The van der Waals surface area contributed by atoms with Gasteiger partial charge in [-0.3, -0.25) is 4.79 Å². The summed E-state index contributed by atoms with van der Waals surface area (Å²) in [6, 6.07) is 9.30. The Bertz CT molecular complexity index is 587. The van der Waals surface area contributed by atoms with Crippen LogP contribution in [0.15, 0.2) is 30.3 Å². The van der Waals surface area contributed by atoms with Crippen molar-refractivity contribution >= 4 is 40.3 Å². The smallest absolute Gasteiger partial charge is 0.175 e. The molecule has 0 aliphatic heterocycles. The zero-order valence-electron chi connectivity index (χ0n) is 10.0. The van der Waals surface area contributed by atoms with Gasteiger partial charge in [-0.05, 0) is 29.8 Å². The van der Waals surface area contributed by atoms with Gasteiger partial charge in [0.25, 0.3) is 0 Å². The molecule has 0 amide bonds. The monoisotopic (exact) mass is 298 g/mol. The summed E-state index contributed by atoms with van der Waals surface area (Å²) in [4.78, 5) is 13.7. The molecule has 0 N–H and O–H groups in total. The zero-order chi connectivity index (χ0) is 13.3. The molecular weight excluding hydrogens is 287 g/mol. The van der Waals surface area contributed by atoms with Gasteiger partial charge in [0, 0.05) is 10.8 Å². The molecule has 0 fully saturated rings. The third-order valence-electron chi connectivity index (χ3n) is 2.58. The number of thiophene rings is 1. The first-order chi connectivity index (χ1) is 8.49. The van der Waals surface area contributed by atoms with E-state index in [1.165, 1.54) is 11.3 Å². The molecule has 94 valence electrons.